The molecule has 0 heterocycles. The highest BCUT2D eigenvalue weighted by Crippen LogP contribution is 2.18. The van der Waals surface area contributed by atoms with E-state index in [0.29, 0.717) is 6.42 Å². The maximum absolute atomic E-state index is 12.5. The predicted octanol–water partition coefficient (Wildman–Crippen LogP) is 24.2. The van der Waals surface area contributed by atoms with Crippen molar-refractivity contribution in [2.45, 2.75) is 360 Å². The zero-order chi connectivity index (χ0) is 57.6. The van der Waals surface area contributed by atoms with Crippen molar-refractivity contribution in [3.8, 4) is 0 Å². The van der Waals surface area contributed by atoms with Crippen LogP contribution in [0.15, 0.2) is 109 Å². The van der Waals surface area contributed by atoms with Gasteiger partial charge in [0.15, 0.2) is 0 Å². The second-order valence-electron chi connectivity index (χ2n) is 23.6. The number of aliphatic hydroxyl groups excluding tert-OH is 2. The van der Waals surface area contributed by atoms with Gasteiger partial charge < -0.3 is 15.5 Å². The minimum absolute atomic E-state index is 0.0732. The van der Waals surface area contributed by atoms with E-state index in [9.17, 15) is 15.0 Å². The third-order valence-electron chi connectivity index (χ3n) is 15.7. The van der Waals surface area contributed by atoms with E-state index in [1.165, 1.54) is 250 Å². The molecule has 0 aliphatic carbocycles. The molecule has 3 N–H and O–H groups in total. The molecule has 2 unspecified atom stereocenters. The number of hydrogen-bond acceptors (Lipinski definition) is 3. The minimum Gasteiger partial charge on any atom is -0.394 e. The summed E-state index contributed by atoms with van der Waals surface area (Å²) < 4.78 is 0. The highest BCUT2D eigenvalue weighted by atomic mass is 16.3. The summed E-state index contributed by atoms with van der Waals surface area (Å²) in [6, 6.07) is -0.647. The summed E-state index contributed by atoms with van der Waals surface area (Å²) in [6.45, 7) is 4.21. The van der Waals surface area contributed by atoms with Gasteiger partial charge in [0.05, 0.1) is 18.8 Å². The molecule has 0 saturated heterocycles. The van der Waals surface area contributed by atoms with Crippen molar-refractivity contribution in [1.29, 1.82) is 0 Å². The number of amides is 1. The molecule has 0 bridgehead atoms. The molecule has 0 spiro atoms. The fraction of sp³-hybridized carbons (Fsp3) is 0.750. The second kappa shape index (κ2) is 70.3. The normalized spacial score (nSPS) is 13.4. The van der Waals surface area contributed by atoms with Gasteiger partial charge in [-0.3, -0.25) is 4.79 Å². The summed E-state index contributed by atoms with van der Waals surface area (Å²) in [5, 5.41) is 23.3. The summed E-state index contributed by atoms with van der Waals surface area (Å²) in [6.07, 6.45) is 106. The van der Waals surface area contributed by atoms with Crippen molar-refractivity contribution in [3.63, 3.8) is 0 Å². The Labute approximate surface area is 499 Å². The van der Waals surface area contributed by atoms with Crippen LogP contribution < -0.4 is 5.32 Å². The van der Waals surface area contributed by atoms with E-state index in [4.69, 9.17) is 0 Å². The minimum atomic E-state index is -0.870. The van der Waals surface area contributed by atoms with Crippen LogP contribution in [0.1, 0.15) is 348 Å². The van der Waals surface area contributed by atoms with Crippen LogP contribution in [0.25, 0.3) is 0 Å². The van der Waals surface area contributed by atoms with E-state index in [0.717, 1.165) is 77.0 Å². The van der Waals surface area contributed by atoms with E-state index in [-0.39, 0.29) is 12.5 Å². The van der Waals surface area contributed by atoms with Crippen molar-refractivity contribution in [2.24, 2.45) is 0 Å². The third kappa shape index (κ3) is 65.9. The number of rotatable bonds is 64. The first-order valence-electron chi connectivity index (χ1n) is 35.1. The largest absolute Gasteiger partial charge is 0.394 e. The quantitative estimate of drug-likeness (QED) is 0.0420. The van der Waals surface area contributed by atoms with Crippen LogP contribution in [0.2, 0.25) is 0 Å². The summed E-state index contributed by atoms with van der Waals surface area (Å²) in [5.74, 6) is -0.0732. The molecule has 4 nitrogen and oxygen atoms in total. The van der Waals surface area contributed by atoms with E-state index < -0.39 is 12.1 Å². The van der Waals surface area contributed by atoms with Crippen LogP contribution in [-0.2, 0) is 4.79 Å². The monoisotopic (exact) mass is 1110 g/mol. The Morgan fingerprint density at radius 2 is 0.562 bits per heavy atom. The molecule has 0 radical (unpaired) electrons. The molecule has 2 atom stereocenters. The van der Waals surface area contributed by atoms with Gasteiger partial charge in [-0.2, -0.15) is 0 Å². The number of carbonyl (C=O) groups is 1. The van der Waals surface area contributed by atoms with Crippen molar-refractivity contribution in [2.75, 3.05) is 6.61 Å². The summed E-state index contributed by atoms with van der Waals surface area (Å²) in [4.78, 5) is 12.5. The fourth-order valence-corrected chi connectivity index (χ4v) is 10.5. The molecule has 0 fully saturated rings. The number of carbonyl (C=O) groups excluding carboxylic acids is 1. The first-order chi connectivity index (χ1) is 39.7. The van der Waals surface area contributed by atoms with Gasteiger partial charge in [-0.1, -0.05) is 361 Å². The maximum atomic E-state index is 12.5. The highest BCUT2D eigenvalue weighted by Gasteiger charge is 2.18. The van der Waals surface area contributed by atoms with Crippen LogP contribution in [0, 0.1) is 0 Å². The topological polar surface area (TPSA) is 69.6 Å². The zero-order valence-corrected chi connectivity index (χ0v) is 53.3. The van der Waals surface area contributed by atoms with Gasteiger partial charge in [0, 0.05) is 6.42 Å². The van der Waals surface area contributed by atoms with E-state index in [2.05, 4.69) is 116 Å². The molecule has 0 aromatic carbocycles. The van der Waals surface area contributed by atoms with Gasteiger partial charge in [-0.25, -0.2) is 0 Å². The standard InChI is InChI=1S/C76H135NO3/c1-3-5-7-9-11-13-15-17-19-21-23-25-27-29-31-33-35-36-37-38-39-40-42-44-46-48-50-52-54-56-58-60-62-64-66-68-70-72-76(80)77-74(73-78)75(79)71-69-67-65-63-61-59-57-55-53-51-49-47-45-43-41-34-32-30-28-26-24-22-20-18-16-14-12-10-8-6-4-2/h5,7,11,13,17,19,23,25,29,31,35-36,38-39,61,63,69,71,74-75,78-79H,3-4,6,8-10,12,14-16,18,20-22,24,26-28,30,32-34,37,40-60,62,64-68,70,72-73H2,1-2H3,(H,77,80)/b7-5-,13-11-,19-17-,25-23-,31-29-,36-35-,39-38-,63-61+,71-69+. The van der Waals surface area contributed by atoms with Gasteiger partial charge in [0.1, 0.15) is 0 Å². The highest BCUT2D eigenvalue weighted by molar-refractivity contribution is 5.76. The lowest BCUT2D eigenvalue weighted by Crippen LogP contribution is -2.45. The van der Waals surface area contributed by atoms with Crippen LogP contribution in [0.3, 0.4) is 0 Å². The number of aliphatic hydroxyl groups is 2. The smallest absolute Gasteiger partial charge is 0.220 e. The van der Waals surface area contributed by atoms with Gasteiger partial charge >= 0.3 is 0 Å². The van der Waals surface area contributed by atoms with Gasteiger partial charge in [0.25, 0.3) is 0 Å². The molecule has 0 rings (SSSR count). The first-order valence-corrected chi connectivity index (χ1v) is 35.1. The molecule has 1 amide bonds. The molecule has 0 saturated carbocycles. The van der Waals surface area contributed by atoms with Crippen LogP contribution in [0.4, 0.5) is 0 Å². The number of unbranched alkanes of at least 4 members (excludes halogenated alkanes) is 41. The maximum Gasteiger partial charge on any atom is 0.220 e. The van der Waals surface area contributed by atoms with E-state index in [1.807, 2.05) is 6.08 Å². The predicted molar refractivity (Wildman–Crippen MR) is 359 cm³/mol. The number of allylic oxidation sites excluding steroid dienone is 17. The number of hydrogen-bond donors (Lipinski definition) is 3. The fourth-order valence-electron chi connectivity index (χ4n) is 10.5. The lowest BCUT2D eigenvalue weighted by atomic mass is 10.0. The molecule has 0 aromatic rings. The molecular weight excluding hydrogens is 975 g/mol. The Balaban J connectivity index is 3.51. The van der Waals surface area contributed by atoms with Crippen molar-refractivity contribution < 1.29 is 15.0 Å². The Morgan fingerprint density at radius 1 is 0.312 bits per heavy atom. The zero-order valence-electron chi connectivity index (χ0n) is 53.3. The summed E-state index contributed by atoms with van der Waals surface area (Å²) in [5.41, 5.74) is 0. The number of nitrogens with one attached hydrogen (secondary N) is 1. The van der Waals surface area contributed by atoms with E-state index >= 15 is 0 Å². The van der Waals surface area contributed by atoms with E-state index in [1.54, 1.807) is 6.08 Å². The van der Waals surface area contributed by atoms with Gasteiger partial charge in [0.2, 0.25) is 5.91 Å². The lowest BCUT2D eigenvalue weighted by molar-refractivity contribution is -0.123. The molecule has 0 aromatic heterocycles. The Bertz CT molecular complexity index is 1490. The molecule has 0 aliphatic rings. The van der Waals surface area contributed by atoms with Crippen molar-refractivity contribution in [3.05, 3.63) is 109 Å². The molecule has 0 aliphatic heterocycles. The van der Waals surface area contributed by atoms with Crippen LogP contribution in [-0.4, -0.2) is 34.9 Å². The van der Waals surface area contributed by atoms with Crippen LogP contribution in [0.5, 0.6) is 0 Å². The van der Waals surface area contributed by atoms with Crippen molar-refractivity contribution >= 4 is 5.91 Å². The van der Waals surface area contributed by atoms with Gasteiger partial charge in [-0.15, -0.1) is 0 Å². The van der Waals surface area contributed by atoms with Crippen LogP contribution >= 0.6 is 0 Å². The Morgan fingerprint density at radius 3 is 0.875 bits per heavy atom. The average molecular weight is 1110 g/mol. The second-order valence-corrected chi connectivity index (χ2v) is 23.6. The first kappa shape index (κ1) is 77.0. The molecule has 80 heavy (non-hydrogen) atoms. The Hall–Kier alpha value is -2.95. The Kier molecular flexibility index (Phi) is 67.7. The van der Waals surface area contributed by atoms with Gasteiger partial charge in [-0.05, 0) is 89.9 Å². The molecule has 4 heteroatoms. The third-order valence-corrected chi connectivity index (χ3v) is 15.7. The lowest BCUT2D eigenvalue weighted by Gasteiger charge is -2.19. The SMILES string of the molecule is CC/C=C\C/C=C\C/C=C\C/C=C\C/C=C\C/C=C\C/C=C\CCCCCCCCCCCCCCCCCC(=O)NC(CO)C(O)/C=C/CC/C=C/CCCCCCCCCCCCCCCCCCCCCCCCCCC. The van der Waals surface area contributed by atoms with Crippen molar-refractivity contribution in [1.82, 2.24) is 5.32 Å². The molecule has 462 valence electrons. The summed E-state index contributed by atoms with van der Waals surface area (Å²) in [7, 11) is 0. The summed E-state index contributed by atoms with van der Waals surface area (Å²) >= 11 is 0. The molecular formula is C76H135NO3. The average Bonchev–Trinajstić information content (AvgIpc) is 3.46.